The zero-order valence-electron chi connectivity index (χ0n) is 20.8. The van der Waals surface area contributed by atoms with E-state index in [2.05, 4.69) is 21.1 Å². The highest BCUT2D eigenvalue weighted by Crippen LogP contribution is 2.30. The molecule has 1 aromatic heterocycles. The van der Waals surface area contributed by atoms with Gasteiger partial charge in [-0.25, -0.2) is 4.98 Å². The van der Waals surface area contributed by atoms with Gasteiger partial charge in [-0.3, -0.25) is 14.5 Å². The Kier molecular flexibility index (Phi) is 5.75. The predicted octanol–water partition coefficient (Wildman–Crippen LogP) is 3.68. The van der Waals surface area contributed by atoms with Gasteiger partial charge >= 0.3 is 0 Å². The fourth-order valence-electron chi connectivity index (χ4n) is 5.24. The molecule has 1 saturated heterocycles. The van der Waals surface area contributed by atoms with Crippen molar-refractivity contribution in [1.82, 2.24) is 19.4 Å². The van der Waals surface area contributed by atoms with Gasteiger partial charge in [-0.2, -0.15) is 0 Å². The highest BCUT2D eigenvalue weighted by molar-refractivity contribution is 6.21. The molecule has 0 aliphatic carbocycles. The van der Waals surface area contributed by atoms with Crippen LogP contribution >= 0.6 is 0 Å². The van der Waals surface area contributed by atoms with E-state index in [0.29, 0.717) is 17.7 Å². The lowest BCUT2D eigenvalue weighted by atomic mass is 9.98. The van der Waals surface area contributed by atoms with Gasteiger partial charge < -0.3 is 19.0 Å². The van der Waals surface area contributed by atoms with Gasteiger partial charge in [0.25, 0.3) is 11.8 Å². The van der Waals surface area contributed by atoms with Crippen molar-refractivity contribution in [3.8, 4) is 11.4 Å². The van der Waals surface area contributed by atoms with E-state index in [1.807, 2.05) is 35.9 Å². The highest BCUT2D eigenvalue weighted by Gasteiger charge is 2.40. The van der Waals surface area contributed by atoms with Gasteiger partial charge in [0.05, 0.1) is 48.5 Å². The number of imide groups is 1. The number of imidazole rings is 1. The van der Waals surface area contributed by atoms with E-state index in [9.17, 15) is 9.59 Å². The number of ether oxygens (including phenoxy) is 1. The molecule has 9 heteroatoms. The Balaban J connectivity index is 1.24. The number of rotatable bonds is 5. The summed E-state index contributed by atoms with van der Waals surface area (Å²) in [6, 6.07) is 12.8. The fraction of sp³-hybridized carbons (Fsp3) is 0.286. The minimum Gasteiger partial charge on any atom is -0.495 e. The topological polar surface area (TPSA) is 89.3 Å². The molecule has 3 aromatic rings. The van der Waals surface area contributed by atoms with Crippen LogP contribution in [0.25, 0.3) is 11.8 Å². The number of carbonyl (C=O) groups excluding carboxylic acids is 2. The molecule has 4 heterocycles. The molecule has 0 N–H and O–H groups in total. The largest absolute Gasteiger partial charge is 0.495 e. The number of aromatic nitrogens is 2. The number of aryl methyl sites for hydroxylation is 1. The molecule has 1 fully saturated rings. The molecule has 0 unspecified atom stereocenters. The predicted molar refractivity (Wildman–Crippen MR) is 138 cm³/mol. The molecule has 2 amide bonds. The van der Waals surface area contributed by atoms with Crippen molar-refractivity contribution in [1.29, 1.82) is 0 Å². The van der Waals surface area contributed by atoms with E-state index in [-0.39, 0.29) is 24.4 Å². The van der Waals surface area contributed by atoms with Gasteiger partial charge in [0.2, 0.25) is 0 Å². The molecular formula is C28H27N5O4. The Bertz CT molecular complexity index is 1420. The van der Waals surface area contributed by atoms with E-state index >= 15 is 0 Å². The summed E-state index contributed by atoms with van der Waals surface area (Å²) < 4.78 is 7.61. The zero-order chi connectivity index (χ0) is 25.5. The number of hydrogen-bond donors (Lipinski definition) is 0. The number of nitrogens with zero attached hydrogens (tertiary/aromatic N) is 5. The van der Waals surface area contributed by atoms with Gasteiger partial charge in [0.15, 0.2) is 5.84 Å². The normalized spacial score (nSPS) is 20.0. The molecular weight excluding hydrogens is 470 g/mol. The van der Waals surface area contributed by atoms with Gasteiger partial charge in [-0.1, -0.05) is 23.4 Å². The SMILES string of the molecule is COc1cc(/C=C2\CCCN3C2=NOC[C@@H]3CN2C(=O)c3ccccc3C2=O)ccc1-n1cnc(C)c1. The molecule has 3 aliphatic rings. The van der Waals surface area contributed by atoms with Crippen LogP contribution < -0.4 is 4.74 Å². The van der Waals surface area contributed by atoms with E-state index in [1.54, 1.807) is 37.7 Å². The molecule has 6 rings (SSSR count). The smallest absolute Gasteiger partial charge is 0.261 e. The Hall–Kier alpha value is -4.40. The van der Waals surface area contributed by atoms with Crippen LogP contribution in [0.4, 0.5) is 0 Å². The number of amides is 2. The first kappa shape index (κ1) is 23.0. The summed E-state index contributed by atoms with van der Waals surface area (Å²) in [6.07, 6.45) is 7.62. The standard InChI is InChI=1S/C28H27N5O4/c1-18-14-31(17-29-18)24-10-9-19(13-25(24)36-2)12-20-6-5-11-32-21(16-37-30-26(20)32)15-33-27(34)22-7-3-4-8-23(22)28(33)35/h3-4,7-10,12-14,17,21H,5-6,11,15-16H2,1-2H3/b20-12+/t21-/m0/s1. The maximum Gasteiger partial charge on any atom is 0.261 e. The van der Waals surface area contributed by atoms with E-state index in [0.717, 1.165) is 53.5 Å². The Labute approximate surface area is 214 Å². The van der Waals surface area contributed by atoms with Crippen molar-refractivity contribution in [3.63, 3.8) is 0 Å². The van der Waals surface area contributed by atoms with Gasteiger partial charge in [-0.15, -0.1) is 0 Å². The van der Waals surface area contributed by atoms with Gasteiger partial charge in [0, 0.05) is 12.7 Å². The lowest BCUT2D eigenvalue weighted by Gasteiger charge is -2.41. The average molecular weight is 498 g/mol. The van der Waals surface area contributed by atoms with Crippen LogP contribution in [0.2, 0.25) is 0 Å². The lowest BCUT2D eigenvalue weighted by molar-refractivity contribution is 0.0359. The Morgan fingerprint density at radius 1 is 1.14 bits per heavy atom. The summed E-state index contributed by atoms with van der Waals surface area (Å²) in [5, 5.41) is 4.38. The molecule has 3 aliphatic heterocycles. The third-order valence-electron chi connectivity index (χ3n) is 7.07. The van der Waals surface area contributed by atoms with Crippen molar-refractivity contribution >= 4 is 23.7 Å². The summed E-state index contributed by atoms with van der Waals surface area (Å²) in [5.74, 6) is 0.993. The van der Waals surface area contributed by atoms with Crippen LogP contribution in [0.5, 0.6) is 5.75 Å². The van der Waals surface area contributed by atoms with E-state index in [4.69, 9.17) is 9.57 Å². The first-order chi connectivity index (χ1) is 18.0. The van der Waals surface area contributed by atoms with Gasteiger partial charge in [0.1, 0.15) is 12.4 Å². The second kappa shape index (κ2) is 9.24. The maximum absolute atomic E-state index is 12.9. The fourth-order valence-corrected chi connectivity index (χ4v) is 5.24. The number of oxime groups is 1. The van der Waals surface area contributed by atoms with Crippen LogP contribution in [-0.4, -0.2) is 69.8 Å². The zero-order valence-corrected chi connectivity index (χ0v) is 20.8. The summed E-state index contributed by atoms with van der Waals surface area (Å²) in [7, 11) is 1.66. The molecule has 0 spiro atoms. The molecule has 0 bridgehead atoms. The average Bonchev–Trinajstić information content (AvgIpc) is 3.46. The summed E-state index contributed by atoms with van der Waals surface area (Å²) >= 11 is 0. The minimum atomic E-state index is -0.252. The van der Waals surface area contributed by atoms with Gasteiger partial charge in [-0.05, 0) is 61.2 Å². The highest BCUT2D eigenvalue weighted by atomic mass is 16.6. The number of methoxy groups -OCH3 is 1. The number of piperidine rings is 1. The number of amidine groups is 1. The first-order valence-corrected chi connectivity index (χ1v) is 12.4. The van der Waals surface area contributed by atoms with Crippen molar-refractivity contribution in [2.45, 2.75) is 25.8 Å². The Morgan fingerprint density at radius 2 is 1.92 bits per heavy atom. The minimum absolute atomic E-state index is 0.167. The summed E-state index contributed by atoms with van der Waals surface area (Å²) in [5.41, 5.74) is 4.80. The van der Waals surface area contributed by atoms with Crippen molar-refractivity contribution in [2.75, 3.05) is 26.8 Å². The lowest BCUT2D eigenvalue weighted by Crippen LogP contribution is -2.54. The molecule has 0 saturated carbocycles. The summed E-state index contributed by atoms with van der Waals surface area (Å²) in [6.45, 7) is 3.31. The van der Waals surface area contributed by atoms with Crippen molar-refractivity contribution in [2.24, 2.45) is 5.16 Å². The summed E-state index contributed by atoms with van der Waals surface area (Å²) in [4.78, 5) is 39.3. The second-order valence-electron chi connectivity index (χ2n) is 9.45. The van der Waals surface area contributed by atoms with E-state index in [1.165, 1.54) is 4.90 Å². The van der Waals surface area contributed by atoms with Crippen molar-refractivity contribution < 1.29 is 19.2 Å². The Morgan fingerprint density at radius 3 is 2.62 bits per heavy atom. The number of hydrogen-bond acceptors (Lipinski definition) is 7. The van der Waals surface area contributed by atoms with Crippen LogP contribution in [-0.2, 0) is 4.84 Å². The van der Waals surface area contributed by atoms with E-state index < -0.39 is 0 Å². The molecule has 2 aromatic carbocycles. The first-order valence-electron chi connectivity index (χ1n) is 12.4. The number of fused-ring (bicyclic) bond motifs is 2. The monoisotopic (exact) mass is 497 g/mol. The molecule has 188 valence electrons. The van der Waals surface area contributed by atoms with Crippen LogP contribution in [0.15, 0.2) is 65.7 Å². The molecule has 1 atom stereocenters. The maximum atomic E-state index is 12.9. The second-order valence-corrected chi connectivity index (χ2v) is 9.45. The van der Waals surface area contributed by atoms with Crippen LogP contribution in [0, 0.1) is 6.92 Å². The number of benzene rings is 2. The third kappa shape index (κ3) is 4.06. The van der Waals surface area contributed by atoms with Crippen LogP contribution in [0.3, 0.4) is 0 Å². The van der Waals surface area contributed by atoms with Crippen molar-refractivity contribution in [3.05, 3.63) is 82.9 Å². The third-order valence-corrected chi connectivity index (χ3v) is 7.07. The van der Waals surface area contributed by atoms with Crippen LogP contribution in [0.1, 0.15) is 44.8 Å². The molecule has 0 radical (unpaired) electrons. The quantitative estimate of drug-likeness (QED) is 0.500. The molecule has 37 heavy (non-hydrogen) atoms. The number of carbonyl (C=O) groups is 2. The molecule has 9 nitrogen and oxygen atoms in total.